The maximum atomic E-state index is 12.6. The van der Waals surface area contributed by atoms with Crippen molar-refractivity contribution in [3.05, 3.63) is 29.3 Å². The van der Waals surface area contributed by atoms with Crippen LogP contribution in [0.2, 0.25) is 0 Å². The van der Waals surface area contributed by atoms with Crippen molar-refractivity contribution < 1.29 is 39.1 Å². The number of ether oxygens (including phenoxy) is 4. The molecule has 27 heavy (non-hydrogen) atoms. The maximum absolute atomic E-state index is 12.6. The van der Waals surface area contributed by atoms with Crippen molar-refractivity contribution in [2.24, 2.45) is 0 Å². The second-order valence-electron chi connectivity index (χ2n) is 7.11. The quantitative estimate of drug-likeness (QED) is 0.659. The van der Waals surface area contributed by atoms with Crippen molar-refractivity contribution in [2.45, 2.75) is 50.5 Å². The first kappa shape index (κ1) is 19.6. The molecule has 0 saturated carbocycles. The van der Waals surface area contributed by atoms with E-state index in [-0.39, 0.29) is 17.7 Å². The van der Waals surface area contributed by atoms with Crippen molar-refractivity contribution in [2.75, 3.05) is 13.7 Å². The number of carbonyl (C=O) groups is 1. The highest BCUT2D eigenvalue weighted by molar-refractivity contribution is 5.94. The van der Waals surface area contributed by atoms with Gasteiger partial charge >= 0.3 is 5.97 Å². The van der Waals surface area contributed by atoms with Crippen LogP contribution in [0.5, 0.6) is 11.5 Å². The van der Waals surface area contributed by atoms with Crippen molar-refractivity contribution >= 4 is 12.0 Å². The van der Waals surface area contributed by atoms with Crippen LogP contribution in [0.3, 0.4) is 0 Å². The molecule has 0 bridgehead atoms. The van der Waals surface area contributed by atoms with Crippen LogP contribution in [0.1, 0.15) is 36.2 Å². The molecule has 0 radical (unpaired) electrons. The molecule has 0 aromatic heterocycles. The van der Waals surface area contributed by atoms with Gasteiger partial charge in [0.25, 0.3) is 0 Å². The molecule has 4 atom stereocenters. The van der Waals surface area contributed by atoms with Crippen LogP contribution in [-0.4, -0.2) is 65.2 Å². The molecule has 2 heterocycles. The first-order valence-corrected chi connectivity index (χ1v) is 8.68. The SMILES string of the molecule is COc1cc2c(cc1C(=O)O[C@H]1C[C@@H](O)[C@H](O)[C@H](CO)O1)C=CC(C)(C)O2. The predicted octanol–water partition coefficient (Wildman–Crippen LogP) is 0.865. The Morgan fingerprint density at radius 1 is 1.33 bits per heavy atom. The van der Waals surface area contributed by atoms with Gasteiger partial charge in [-0.1, -0.05) is 6.08 Å². The number of hydrogen-bond acceptors (Lipinski definition) is 8. The number of carbonyl (C=O) groups excluding carboxylic acids is 1. The molecule has 8 nitrogen and oxygen atoms in total. The van der Waals surface area contributed by atoms with Gasteiger partial charge in [-0.3, -0.25) is 0 Å². The fraction of sp³-hybridized carbons (Fsp3) is 0.526. The fourth-order valence-electron chi connectivity index (χ4n) is 3.06. The first-order valence-electron chi connectivity index (χ1n) is 8.68. The lowest BCUT2D eigenvalue weighted by molar-refractivity contribution is -0.239. The molecule has 0 unspecified atom stereocenters. The van der Waals surface area contributed by atoms with E-state index in [0.29, 0.717) is 11.3 Å². The zero-order valence-corrected chi connectivity index (χ0v) is 15.4. The number of rotatable bonds is 4. The number of fused-ring (bicyclic) bond motifs is 1. The average Bonchev–Trinajstić information content (AvgIpc) is 2.62. The van der Waals surface area contributed by atoms with Gasteiger partial charge in [-0.05, 0) is 26.0 Å². The smallest absolute Gasteiger partial charge is 0.344 e. The Bertz CT molecular complexity index is 741. The molecule has 1 aromatic carbocycles. The summed E-state index contributed by atoms with van der Waals surface area (Å²) in [5, 5.41) is 28.8. The highest BCUT2D eigenvalue weighted by atomic mass is 16.7. The number of aliphatic hydroxyl groups excluding tert-OH is 3. The largest absolute Gasteiger partial charge is 0.496 e. The van der Waals surface area contributed by atoms with Gasteiger partial charge in [0.05, 0.1) is 19.8 Å². The van der Waals surface area contributed by atoms with Gasteiger partial charge in [0.1, 0.15) is 34.9 Å². The molecule has 1 aromatic rings. The normalized spacial score (nSPS) is 28.8. The van der Waals surface area contributed by atoms with Crippen molar-refractivity contribution in [3.63, 3.8) is 0 Å². The second-order valence-corrected chi connectivity index (χ2v) is 7.11. The fourth-order valence-corrected chi connectivity index (χ4v) is 3.06. The zero-order valence-electron chi connectivity index (χ0n) is 15.4. The number of benzene rings is 1. The summed E-state index contributed by atoms with van der Waals surface area (Å²) in [7, 11) is 1.43. The maximum Gasteiger partial charge on any atom is 0.344 e. The highest BCUT2D eigenvalue weighted by Gasteiger charge is 2.38. The number of esters is 1. The van der Waals surface area contributed by atoms with Gasteiger partial charge in [0, 0.05) is 18.1 Å². The third-order valence-corrected chi connectivity index (χ3v) is 4.54. The van der Waals surface area contributed by atoms with Crippen LogP contribution in [0.25, 0.3) is 6.08 Å². The molecule has 1 fully saturated rings. The van der Waals surface area contributed by atoms with E-state index < -0.39 is 42.8 Å². The standard InChI is InChI=1S/C19H24O8/c1-19(2)5-4-10-6-11(14(24-3)8-13(10)27-19)18(23)26-16-7-12(21)17(22)15(9-20)25-16/h4-6,8,12,15-17,20-22H,7,9H2,1-3H3/t12-,15+,16+,17+/m1/s1. The number of methoxy groups -OCH3 is 1. The summed E-state index contributed by atoms with van der Waals surface area (Å²) < 4.78 is 21.8. The summed E-state index contributed by atoms with van der Waals surface area (Å²) >= 11 is 0. The molecular formula is C19H24O8. The van der Waals surface area contributed by atoms with E-state index in [9.17, 15) is 20.1 Å². The van der Waals surface area contributed by atoms with Crippen LogP contribution in [0.15, 0.2) is 18.2 Å². The summed E-state index contributed by atoms with van der Waals surface area (Å²) in [6.45, 7) is 3.32. The van der Waals surface area contributed by atoms with Crippen LogP contribution in [0.4, 0.5) is 0 Å². The molecule has 0 amide bonds. The molecular weight excluding hydrogens is 356 g/mol. The lowest BCUT2D eigenvalue weighted by Crippen LogP contribution is -2.50. The van der Waals surface area contributed by atoms with E-state index >= 15 is 0 Å². The van der Waals surface area contributed by atoms with E-state index in [4.69, 9.17) is 18.9 Å². The Hall–Kier alpha value is -2.13. The molecule has 2 aliphatic heterocycles. The molecule has 3 rings (SSSR count). The summed E-state index contributed by atoms with van der Waals surface area (Å²) in [6, 6.07) is 3.22. The van der Waals surface area contributed by atoms with E-state index in [1.165, 1.54) is 7.11 Å². The highest BCUT2D eigenvalue weighted by Crippen LogP contribution is 2.36. The van der Waals surface area contributed by atoms with Crippen LogP contribution >= 0.6 is 0 Å². The second kappa shape index (κ2) is 7.47. The molecule has 0 aliphatic carbocycles. The summed E-state index contributed by atoms with van der Waals surface area (Å²) in [5.74, 6) is 0.154. The van der Waals surface area contributed by atoms with Gasteiger partial charge in [0.2, 0.25) is 6.29 Å². The monoisotopic (exact) mass is 380 g/mol. The van der Waals surface area contributed by atoms with Gasteiger partial charge in [-0.2, -0.15) is 0 Å². The number of aliphatic hydroxyl groups is 3. The molecule has 1 saturated heterocycles. The Kier molecular flexibility index (Phi) is 5.43. The lowest BCUT2D eigenvalue weighted by Gasteiger charge is -2.35. The summed E-state index contributed by atoms with van der Waals surface area (Å²) in [6.07, 6.45) is -0.909. The van der Waals surface area contributed by atoms with Crippen molar-refractivity contribution in [1.82, 2.24) is 0 Å². The Balaban J connectivity index is 1.81. The van der Waals surface area contributed by atoms with Crippen LogP contribution < -0.4 is 9.47 Å². The van der Waals surface area contributed by atoms with Gasteiger partial charge in [0.15, 0.2) is 0 Å². The Morgan fingerprint density at radius 3 is 2.74 bits per heavy atom. The Morgan fingerprint density at radius 2 is 2.07 bits per heavy atom. The topological polar surface area (TPSA) is 115 Å². The first-order chi connectivity index (χ1) is 12.7. The average molecular weight is 380 g/mol. The van der Waals surface area contributed by atoms with E-state index in [0.717, 1.165) is 0 Å². The third kappa shape index (κ3) is 4.08. The van der Waals surface area contributed by atoms with E-state index in [2.05, 4.69) is 0 Å². The Labute approximate surface area is 156 Å². The van der Waals surface area contributed by atoms with Crippen molar-refractivity contribution in [3.8, 4) is 11.5 Å². The summed E-state index contributed by atoms with van der Waals surface area (Å²) in [5.41, 5.74) is 0.413. The van der Waals surface area contributed by atoms with Gasteiger partial charge in [-0.15, -0.1) is 0 Å². The zero-order chi connectivity index (χ0) is 19.8. The summed E-state index contributed by atoms with van der Waals surface area (Å²) in [4.78, 5) is 12.6. The molecule has 3 N–H and O–H groups in total. The predicted molar refractivity (Wildman–Crippen MR) is 94.5 cm³/mol. The molecule has 0 spiro atoms. The van der Waals surface area contributed by atoms with E-state index in [1.807, 2.05) is 26.0 Å². The molecule has 8 heteroatoms. The molecule has 148 valence electrons. The molecule has 2 aliphatic rings. The minimum Gasteiger partial charge on any atom is -0.496 e. The third-order valence-electron chi connectivity index (χ3n) is 4.54. The minimum absolute atomic E-state index is 0.103. The van der Waals surface area contributed by atoms with Crippen LogP contribution in [-0.2, 0) is 9.47 Å². The minimum atomic E-state index is -1.24. The lowest BCUT2D eigenvalue weighted by atomic mass is 10.00. The van der Waals surface area contributed by atoms with Crippen molar-refractivity contribution in [1.29, 1.82) is 0 Å². The van der Waals surface area contributed by atoms with Crippen LogP contribution in [0, 0.1) is 0 Å². The van der Waals surface area contributed by atoms with Gasteiger partial charge < -0.3 is 34.3 Å². The number of hydrogen-bond donors (Lipinski definition) is 3. The van der Waals surface area contributed by atoms with Gasteiger partial charge in [-0.25, -0.2) is 4.79 Å². The van der Waals surface area contributed by atoms with E-state index in [1.54, 1.807) is 12.1 Å².